The molecular weight excluding hydrogens is 901 g/mol. The zero-order chi connectivity index (χ0) is 48.0. The second kappa shape index (κ2) is 16.5. The summed E-state index contributed by atoms with van der Waals surface area (Å²) < 4.78 is 2.56. The van der Waals surface area contributed by atoms with Gasteiger partial charge >= 0.3 is 0 Å². The van der Waals surface area contributed by atoms with Gasteiger partial charge < -0.3 is 9.80 Å². The molecule has 1 aliphatic heterocycles. The minimum Gasteiger partial charge on any atom is -0.310 e. The monoisotopic (exact) mass is 946 g/mol. The number of benzene rings is 12. The van der Waals surface area contributed by atoms with E-state index in [1.165, 1.54) is 109 Å². The average Bonchev–Trinajstić information content (AvgIpc) is 4.00. The normalized spacial score (nSPS) is 13.5. The van der Waals surface area contributed by atoms with Crippen molar-refractivity contribution >= 4 is 87.2 Å². The minimum atomic E-state index is -0.526. The summed E-state index contributed by atoms with van der Waals surface area (Å²) in [6.07, 6.45) is 0. The van der Waals surface area contributed by atoms with Crippen LogP contribution >= 0.6 is 11.3 Å². The van der Waals surface area contributed by atoms with Crippen molar-refractivity contribution in [2.75, 3.05) is 9.80 Å². The van der Waals surface area contributed by atoms with Crippen molar-refractivity contribution < 1.29 is 0 Å². The Morgan fingerprint density at radius 2 is 0.918 bits per heavy atom. The summed E-state index contributed by atoms with van der Waals surface area (Å²) in [4.78, 5) is 4.90. The number of anilines is 6. The van der Waals surface area contributed by atoms with Crippen LogP contribution in [-0.2, 0) is 5.41 Å². The van der Waals surface area contributed by atoms with E-state index in [0.717, 1.165) is 17.1 Å². The van der Waals surface area contributed by atoms with Crippen LogP contribution < -0.4 is 9.80 Å². The molecule has 1 spiro atoms. The molecule has 13 aromatic rings. The van der Waals surface area contributed by atoms with E-state index >= 15 is 0 Å². The van der Waals surface area contributed by atoms with Gasteiger partial charge in [-0.25, -0.2) is 0 Å². The molecule has 12 aromatic carbocycles. The van der Waals surface area contributed by atoms with Crippen LogP contribution in [0.2, 0.25) is 0 Å². The number of fused-ring (bicyclic) bond motifs is 16. The van der Waals surface area contributed by atoms with Gasteiger partial charge in [-0.1, -0.05) is 206 Å². The lowest BCUT2D eigenvalue weighted by Crippen LogP contribution is -2.36. The van der Waals surface area contributed by atoms with Crippen LogP contribution in [0, 0.1) is 0 Å². The Labute approximate surface area is 428 Å². The largest absolute Gasteiger partial charge is 0.310 e. The fraction of sp³-hybridized carbons (Fsp3) is 0.0286. The van der Waals surface area contributed by atoms with Crippen LogP contribution in [0.15, 0.2) is 273 Å². The number of para-hydroxylation sites is 5. The van der Waals surface area contributed by atoms with Crippen molar-refractivity contribution in [3.8, 4) is 11.1 Å². The van der Waals surface area contributed by atoms with E-state index in [1.807, 2.05) is 11.3 Å². The van der Waals surface area contributed by atoms with E-state index in [0.29, 0.717) is 0 Å². The highest BCUT2D eigenvalue weighted by molar-refractivity contribution is 7.26. The molecule has 0 N–H and O–H groups in total. The van der Waals surface area contributed by atoms with Gasteiger partial charge in [-0.15, -0.1) is 11.3 Å². The molecule has 0 amide bonds. The first-order valence-electron chi connectivity index (χ1n) is 25.3. The summed E-state index contributed by atoms with van der Waals surface area (Å²) in [5.41, 5.74) is 18.1. The predicted molar refractivity (Wildman–Crippen MR) is 308 cm³/mol. The molecular formula is C70H46N2S. The third-order valence-electron chi connectivity index (χ3n) is 15.7. The Morgan fingerprint density at radius 1 is 0.384 bits per heavy atom. The Kier molecular flexibility index (Phi) is 9.45. The smallest absolute Gasteiger partial charge is 0.0754 e. The van der Waals surface area contributed by atoms with Gasteiger partial charge in [0.05, 0.1) is 27.2 Å². The highest BCUT2D eigenvalue weighted by Crippen LogP contribution is 2.64. The zero-order valence-corrected chi connectivity index (χ0v) is 40.7. The molecule has 2 aliphatic rings. The molecule has 73 heavy (non-hydrogen) atoms. The third kappa shape index (κ3) is 6.16. The molecule has 1 aliphatic carbocycles. The highest BCUT2D eigenvalue weighted by Gasteiger charge is 2.51. The maximum Gasteiger partial charge on any atom is 0.0754 e. The lowest BCUT2D eigenvalue weighted by molar-refractivity contribution is 0.752. The molecule has 2 heterocycles. The van der Waals surface area contributed by atoms with Crippen molar-refractivity contribution in [2.45, 2.75) is 11.3 Å². The maximum atomic E-state index is 2.54. The van der Waals surface area contributed by atoms with E-state index in [4.69, 9.17) is 0 Å². The first-order chi connectivity index (χ1) is 36.3. The second-order valence-electron chi connectivity index (χ2n) is 19.5. The van der Waals surface area contributed by atoms with Crippen LogP contribution in [0.25, 0.3) is 52.8 Å². The molecule has 1 atom stereocenters. The number of thiophene rings is 1. The molecule has 15 rings (SSSR count). The Hall–Kier alpha value is -9.02. The maximum absolute atomic E-state index is 2.54. The molecule has 0 fully saturated rings. The fourth-order valence-electron chi connectivity index (χ4n) is 12.8. The van der Waals surface area contributed by atoms with Crippen LogP contribution in [-0.4, -0.2) is 0 Å². The molecule has 0 saturated carbocycles. The number of nitrogens with zero attached hydrogens (tertiary/aromatic N) is 2. The summed E-state index contributed by atoms with van der Waals surface area (Å²) in [5, 5.41) is 7.67. The predicted octanol–water partition coefficient (Wildman–Crippen LogP) is 19.2. The van der Waals surface area contributed by atoms with Crippen molar-refractivity contribution in [3.63, 3.8) is 0 Å². The molecule has 342 valence electrons. The van der Waals surface area contributed by atoms with Gasteiger partial charge in [0.15, 0.2) is 0 Å². The molecule has 0 saturated heterocycles. The highest BCUT2D eigenvalue weighted by atomic mass is 32.1. The molecule has 2 nitrogen and oxygen atoms in total. The summed E-state index contributed by atoms with van der Waals surface area (Å²) in [7, 11) is 0. The first kappa shape index (κ1) is 41.7. The van der Waals surface area contributed by atoms with Crippen molar-refractivity contribution in [1.82, 2.24) is 0 Å². The van der Waals surface area contributed by atoms with Gasteiger partial charge in [-0.05, 0) is 138 Å². The van der Waals surface area contributed by atoms with E-state index in [1.54, 1.807) is 0 Å². The van der Waals surface area contributed by atoms with Crippen LogP contribution in [0.4, 0.5) is 34.1 Å². The summed E-state index contributed by atoms with van der Waals surface area (Å²) >= 11 is 1.92. The summed E-state index contributed by atoms with van der Waals surface area (Å²) in [5.74, 6) is -0.0597. The van der Waals surface area contributed by atoms with Crippen LogP contribution in [0.1, 0.15) is 44.9 Å². The fourth-order valence-corrected chi connectivity index (χ4v) is 14.1. The van der Waals surface area contributed by atoms with E-state index in [2.05, 4.69) is 283 Å². The van der Waals surface area contributed by atoms with Gasteiger partial charge in [0.1, 0.15) is 0 Å². The molecule has 1 aromatic heterocycles. The second-order valence-corrected chi connectivity index (χ2v) is 20.5. The number of hydrogen-bond acceptors (Lipinski definition) is 3. The average molecular weight is 947 g/mol. The molecule has 0 radical (unpaired) electrons. The Bertz CT molecular complexity index is 4190. The van der Waals surface area contributed by atoms with E-state index in [9.17, 15) is 0 Å². The van der Waals surface area contributed by atoms with E-state index in [-0.39, 0.29) is 5.92 Å². The van der Waals surface area contributed by atoms with Gasteiger partial charge in [-0.2, -0.15) is 0 Å². The van der Waals surface area contributed by atoms with Gasteiger partial charge in [0.25, 0.3) is 0 Å². The quantitative estimate of drug-likeness (QED) is 0.147. The number of hydrogen-bond donors (Lipinski definition) is 0. The topological polar surface area (TPSA) is 6.48 Å². The van der Waals surface area contributed by atoms with Crippen molar-refractivity contribution in [2.24, 2.45) is 0 Å². The van der Waals surface area contributed by atoms with Crippen LogP contribution in [0.3, 0.4) is 0 Å². The third-order valence-corrected chi connectivity index (χ3v) is 16.9. The SMILES string of the molecule is c1ccc(C(c2ccc3c(c2)-c2ccccc2C32c3ccccc3N(c3ccccc3)c3ccccc32)c2cc3sc4c(N(c5ccccc5)c5ccccc5)cc5ccccc5c4c3c3ccccc23)cc1. The lowest BCUT2D eigenvalue weighted by atomic mass is 9.64. The summed E-state index contributed by atoms with van der Waals surface area (Å²) in [6.45, 7) is 0. The van der Waals surface area contributed by atoms with E-state index < -0.39 is 5.41 Å². The van der Waals surface area contributed by atoms with Gasteiger partial charge in [0, 0.05) is 38.5 Å². The molecule has 0 bridgehead atoms. The zero-order valence-electron chi connectivity index (χ0n) is 39.9. The van der Waals surface area contributed by atoms with Crippen molar-refractivity contribution in [1.29, 1.82) is 0 Å². The summed E-state index contributed by atoms with van der Waals surface area (Å²) in [6, 6.07) is 102. The van der Waals surface area contributed by atoms with Crippen molar-refractivity contribution in [3.05, 3.63) is 312 Å². The number of rotatable bonds is 7. The molecule has 1 unspecified atom stereocenters. The van der Waals surface area contributed by atoms with Gasteiger partial charge in [-0.3, -0.25) is 0 Å². The minimum absolute atomic E-state index is 0.0597. The van der Waals surface area contributed by atoms with Gasteiger partial charge in [0.2, 0.25) is 0 Å². The molecule has 3 heteroatoms. The lowest BCUT2D eigenvalue weighted by Gasteiger charge is -2.45. The Morgan fingerprint density at radius 3 is 1.60 bits per heavy atom. The first-order valence-corrected chi connectivity index (χ1v) is 26.1. The van der Waals surface area contributed by atoms with Crippen LogP contribution in [0.5, 0.6) is 0 Å². The Balaban J connectivity index is 0.986. The standard InChI is InChI=1S/C70H46N2S/c1-5-23-46(24-6-1)66(48-41-42-59-56(43-48)54-34-17-18-36-58(54)70(59)60-37-19-21-39-62(60)72(51-30-11-4-12-31-51)63-40-22-20-38-61(63)70)57-45-65-67(55-35-16-15-33-53(55)57)68-52-32-14-13-25-47(52)44-64(69(68)73-65)71(49-26-7-2-8-27-49)50-28-9-3-10-29-50/h1-45,66H.